The number of esters is 3. The molecule has 2 aromatic carbocycles. The molecule has 3 aliphatic carbocycles. The van der Waals surface area contributed by atoms with Crippen LogP contribution in [0.5, 0.6) is 0 Å². The van der Waals surface area contributed by atoms with E-state index in [9.17, 15) is 19.5 Å². The van der Waals surface area contributed by atoms with Gasteiger partial charge in [0.15, 0.2) is 17.5 Å². The number of Topliss-reactive ketones (excluding diaryl/α,β-unsaturated/α-hetero) is 1. The van der Waals surface area contributed by atoms with Crippen LogP contribution in [0.1, 0.15) is 97.1 Å². The van der Waals surface area contributed by atoms with E-state index >= 15 is 4.79 Å². The van der Waals surface area contributed by atoms with Crippen molar-refractivity contribution in [2.75, 3.05) is 13.7 Å². The molecule has 0 radical (unpaired) electrons. The van der Waals surface area contributed by atoms with Crippen LogP contribution in [0.15, 0.2) is 97.1 Å². The first-order valence-corrected chi connectivity index (χ1v) is 20.4. The first kappa shape index (κ1) is 42.7. The van der Waals surface area contributed by atoms with Crippen molar-refractivity contribution in [3.8, 4) is 0 Å². The van der Waals surface area contributed by atoms with Gasteiger partial charge in [0, 0.05) is 41.4 Å². The second kappa shape index (κ2) is 13.8. The molecule has 5 unspecified atom stereocenters. The van der Waals surface area contributed by atoms with Gasteiger partial charge in [-0.25, -0.2) is 9.59 Å². The maximum Gasteiger partial charge on any atom is 0.338 e. The Kier molecular flexibility index (Phi) is 9.99. The van der Waals surface area contributed by atoms with E-state index in [-0.39, 0.29) is 36.4 Å². The number of nitrogens with zero attached hydrogens (tertiary/aromatic N) is 1. The van der Waals surface area contributed by atoms with Crippen LogP contribution in [0.2, 0.25) is 0 Å². The van der Waals surface area contributed by atoms with Gasteiger partial charge in [0.25, 0.3) is 0 Å². The van der Waals surface area contributed by atoms with Gasteiger partial charge < -0.3 is 28.8 Å². The van der Waals surface area contributed by atoms with Crippen molar-refractivity contribution in [3.05, 3.63) is 108 Å². The van der Waals surface area contributed by atoms with Gasteiger partial charge in [-0.2, -0.15) is 0 Å². The van der Waals surface area contributed by atoms with Gasteiger partial charge in [0.05, 0.1) is 24.1 Å². The van der Waals surface area contributed by atoms with Crippen molar-refractivity contribution >= 4 is 23.7 Å². The molecule has 2 saturated heterocycles. The van der Waals surface area contributed by atoms with Crippen LogP contribution in [0.25, 0.3) is 0 Å². The van der Waals surface area contributed by atoms with E-state index in [0.29, 0.717) is 11.1 Å². The summed E-state index contributed by atoms with van der Waals surface area (Å²) in [6.07, 6.45) is -4.39. The Morgan fingerprint density at radius 3 is 2.02 bits per heavy atom. The largest absolute Gasteiger partial charge is 0.457 e. The van der Waals surface area contributed by atoms with E-state index in [1.54, 1.807) is 37.3 Å². The summed E-state index contributed by atoms with van der Waals surface area (Å²) in [5, 5.41) is 14.2. The molecule has 2 aliphatic heterocycles. The standard InChI is InChI=1S/C48H59NO10/c1-27-28(2)44(10)24-34(51)29(3)46(12)42(6,7)45(11,59-41(53)36-35(49(13)30(4)56-36)32-20-16-14-17-21-32)25-48(54,43(46,8)9)39(57-40(52)33-22-18-15-19-23-33)37(44)47(58-31(5)50)26-55-38(27)47/h14-23,30,35-39,54H,1-3,24-26H2,4-13H3/t30?,35?,36-,37?,38-,39?,44-,45?,46+,47-,48-/m1/s1. The molecule has 5 aliphatic rings. The Bertz CT molecular complexity index is 2130. The second-order valence-electron chi connectivity index (χ2n) is 19.2. The van der Waals surface area contributed by atoms with E-state index in [1.807, 2.05) is 90.7 Å². The number of hydrogen-bond donors (Lipinski definition) is 1. The topological polar surface area (TPSA) is 138 Å². The minimum atomic E-state index is -2.14. The third-order valence-corrected chi connectivity index (χ3v) is 16.2. The lowest BCUT2D eigenvalue weighted by Crippen LogP contribution is -2.80. The molecule has 1 N–H and O–H groups in total. The molecule has 2 bridgehead atoms. The van der Waals surface area contributed by atoms with Gasteiger partial charge in [0.2, 0.25) is 0 Å². The molecule has 11 heteroatoms. The van der Waals surface area contributed by atoms with Crippen molar-refractivity contribution in [1.29, 1.82) is 0 Å². The molecule has 7 rings (SSSR count). The summed E-state index contributed by atoms with van der Waals surface area (Å²) < 4.78 is 32.3. The highest BCUT2D eigenvalue weighted by Gasteiger charge is 2.81. The number of hydrogen-bond acceptors (Lipinski definition) is 11. The highest BCUT2D eigenvalue weighted by atomic mass is 16.6. The molecule has 0 aromatic heterocycles. The number of aliphatic hydroxyl groups is 1. The number of carbonyl (C=O) groups excluding carboxylic acids is 4. The molecule has 11 nitrogen and oxygen atoms in total. The molecule has 0 spiro atoms. The first-order chi connectivity index (χ1) is 27.4. The molecule has 316 valence electrons. The normalized spacial score (nSPS) is 40.0. The summed E-state index contributed by atoms with van der Waals surface area (Å²) in [6, 6.07) is 17.5. The smallest absolute Gasteiger partial charge is 0.338 e. The fraction of sp³-hybridized carbons (Fsp3) is 0.542. The molecule has 3 saturated carbocycles. The third kappa shape index (κ3) is 5.67. The fourth-order valence-electron chi connectivity index (χ4n) is 11.8. The number of allylic oxidation sites excluding steroid dienone is 1. The van der Waals surface area contributed by atoms with Crippen LogP contribution >= 0.6 is 0 Å². The highest BCUT2D eigenvalue weighted by Crippen LogP contribution is 2.74. The number of likely N-dealkylation sites (N-methyl/N-ethyl adjacent to an activating group) is 1. The Hall–Kier alpha value is -4.42. The van der Waals surface area contributed by atoms with Crippen molar-refractivity contribution in [2.24, 2.45) is 27.6 Å². The van der Waals surface area contributed by atoms with Crippen LogP contribution in [0.4, 0.5) is 0 Å². The van der Waals surface area contributed by atoms with Crippen LogP contribution in [-0.4, -0.2) is 88.7 Å². The van der Waals surface area contributed by atoms with Gasteiger partial charge >= 0.3 is 17.9 Å². The summed E-state index contributed by atoms with van der Waals surface area (Å²) in [6.45, 7) is 29.3. The third-order valence-electron chi connectivity index (χ3n) is 16.2. The number of ketones is 1. The monoisotopic (exact) mass is 809 g/mol. The van der Waals surface area contributed by atoms with E-state index in [1.165, 1.54) is 6.92 Å². The Balaban J connectivity index is 1.47. The maximum atomic E-state index is 15.2. The number of rotatable bonds is 6. The number of carbonyl (C=O) groups is 4. The number of benzene rings is 2. The highest BCUT2D eigenvalue weighted by molar-refractivity contribution is 5.97. The maximum absolute atomic E-state index is 15.2. The van der Waals surface area contributed by atoms with Gasteiger partial charge in [-0.3, -0.25) is 14.5 Å². The van der Waals surface area contributed by atoms with Crippen LogP contribution < -0.4 is 0 Å². The molecule has 59 heavy (non-hydrogen) atoms. The lowest BCUT2D eigenvalue weighted by molar-refractivity contribution is -0.339. The minimum absolute atomic E-state index is 0.130. The minimum Gasteiger partial charge on any atom is -0.457 e. The summed E-state index contributed by atoms with van der Waals surface area (Å²) >= 11 is 0. The predicted molar refractivity (Wildman–Crippen MR) is 220 cm³/mol. The quantitative estimate of drug-likeness (QED) is 0.182. The average Bonchev–Trinajstić information content (AvgIpc) is 3.47. The fourth-order valence-corrected chi connectivity index (χ4v) is 11.8. The SMILES string of the molecule is C=C1C(=C)[C@@]2(C)CC(=O)C(=C)[C@@]3(C)C(C)(C)C(C)(OC(=O)[C@@H]4OC(C)N(C)C4c4ccccc4)C[C@@](O)(C(OC(=O)c4ccccc4)C2[C@]2(OC(C)=O)CO[C@H]12)C3(C)C. The van der Waals surface area contributed by atoms with E-state index in [4.69, 9.17) is 23.7 Å². The predicted octanol–water partition coefficient (Wildman–Crippen LogP) is 7.10. The zero-order chi connectivity index (χ0) is 43.5. The summed E-state index contributed by atoms with van der Waals surface area (Å²) in [7, 11) is 1.89. The average molecular weight is 810 g/mol. The van der Waals surface area contributed by atoms with Crippen LogP contribution in [-0.2, 0) is 38.1 Å². The Morgan fingerprint density at radius 2 is 1.46 bits per heavy atom. The van der Waals surface area contributed by atoms with E-state index < -0.39 is 92.9 Å². The molecular weight excluding hydrogens is 751 g/mol. The lowest BCUT2D eigenvalue weighted by Gasteiger charge is -2.72. The van der Waals surface area contributed by atoms with Crippen molar-refractivity contribution < 1.29 is 48.0 Å². The first-order valence-electron chi connectivity index (χ1n) is 20.4. The zero-order valence-corrected chi connectivity index (χ0v) is 36.0. The molecule has 11 atom stereocenters. The summed E-state index contributed by atoms with van der Waals surface area (Å²) in [5.74, 6) is -3.49. The van der Waals surface area contributed by atoms with E-state index in [0.717, 1.165) is 5.56 Å². The van der Waals surface area contributed by atoms with E-state index in [2.05, 4.69) is 19.7 Å². The second-order valence-corrected chi connectivity index (χ2v) is 19.2. The molecule has 2 aromatic rings. The van der Waals surface area contributed by atoms with Gasteiger partial charge in [-0.05, 0) is 55.3 Å². The number of fused-ring (bicyclic) bond motifs is 5. The van der Waals surface area contributed by atoms with Gasteiger partial charge in [-0.1, -0.05) is 110 Å². The zero-order valence-electron chi connectivity index (χ0n) is 36.0. The van der Waals surface area contributed by atoms with Gasteiger partial charge in [0.1, 0.15) is 29.6 Å². The summed E-state index contributed by atoms with van der Waals surface area (Å²) in [5.41, 5.74) is -8.29. The molecule has 0 amide bonds. The van der Waals surface area contributed by atoms with Crippen LogP contribution in [0, 0.1) is 27.6 Å². The molecule has 5 fully saturated rings. The van der Waals surface area contributed by atoms with Crippen molar-refractivity contribution in [1.82, 2.24) is 4.90 Å². The summed E-state index contributed by atoms with van der Waals surface area (Å²) in [4.78, 5) is 59.8. The Morgan fingerprint density at radius 1 is 0.864 bits per heavy atom. The Labute approximate surface area is 347 Å². The van der Waals surface area contributed by atoms with Gasteiger partial charge in [-0.15, -0.1) is 0 Å². The number of ether oxygens (including phenoxy) is 5. The van der Waals surface area contributed by atoms with Crippen molar-refractivity contribution in [3.63, 3.8) is 0 Å². The molecular formula is C48H59NO10. The van der Waals surface area contributed by atoms with Crippen molar-refractivity contribution in [2.45, 2.75) is 123 Å². The lowest BCUT2D eigenvalue weighted by atomic mass is 9.36. The molecule has 2 heterocycles. The van der Waals surface area contributed by atoms with Crippen LogP contribution in [0.3, 0.4) is 0 Å².